The Hall–Kier alpha value is -2.21. The number of aromatic carboxylic acids is 1. The second kappa shape index (κ2) is 4.47. The number of rotatable bonds is 2. The van der Waals surface area contributed by atoms with Crippen LogP contribution in [0.15, 0.2) is 47.1 Å². The van der Waals surface area contributed by atoms with Gasteiger partial charge in [-0.2, -0.15) is 5.10 Å². The number of hydrogen-bond donors (Lipinski definition) is 1. The summed E-state index contributed by atoms with van der Waals surface area (Å²) < 4.78 is 1.82. The van der Waals surface area contributed by atoms with Crippen molar-refractivity contribution in [3.8, 4) is 11.3 Å². The van der Waals surface area contributed by atoms with Crippen molar-refractivity contribution in [3.63, 3.8) is 0 Å². The fraction of sp³-hybridized carbons (Fsp3) is 0. The summed E-state index contributed by atoms with van der Waals surface area (Å²) in [7, 11) is 0. The molecule has 0 saturated heterocycles. The molecule has 0 spiro atoms. The number of halogens is 1. The standard InChI is InChI=1S/C13H8BrN3O2/c14-12-11(13(18)19)15-10-7-6-9(16-17(10)12)8-4-2-1-3-5-8/h1-7H,(H,18,19). The molecule has 2 heterocycles. The Morgan fingerprint density at radius 3 is 2.58 bits per heavy atom. The van der Waals surface area contributed by atoms with Crippen molar-refractivity contribution >= 4 is 27.5 Å². The van der Waals surface area contributed by atoms with Crippen LogP contribution >= 0.6 is 15.9 Å². The molecule has 0 unspecified atom stereocenters. The monoisotopic (exact) mass is 317 g/mol. The predicted octanol–water partition coefficient (Wildman–Crippen LogP) is 2.86. The highest BCUT2D eigenvalue weighted by molar-refractivity contribution is 9.10. The van der Waals surface area contributed by atoms with Crippen molar-refractivity contribution in [1.82, 2.24) is 14.6 Å². The molecule has 0 amide bonds. The Kier molecular flexibility index (Phi) is 2.79. The lowest BCUT2D eigenvalue weighted by Gasteiger charge is -2.01. The summed E-state index contributed by atoms with van der Waals surface area (Å²) in [5.41, 5.74) is 2.16. The highest BCUT2D eigenvalue weighted by Gasteiger charge is 2.17. The molecule has 1 aromatic carbocycles. The number of imidazole rings is 1. The number of fused-ring (bicyclic) bond motifs is 1. The van der Waals surface area contributed by atoms with Crippen molar-refractivity contribution in [2.75, 3.05) is 0 Å². The molecule has 0 aliphatic rings. The molecule has 0 radical (unpaired) electrons. The van der Waals surface area contributed by atoms with Crippen LogP contribution < -0.4 is 0 Å². The first-order valence-corrected chi connectivity index (χ1v) is 6.30. The third-order valence-corrected chi connectivity index (χ3v) is 3.41. The topological polar surface area (TPSA) is 67.5 Å². The van der Waals surface area contributed by atoms with E-state index in [-0.39, 0.29) is 5.69 Å². The third kappa shape index (κ3) is 2.00. The van der Waals surface area contributed by atoms with E-state index in [2.05, 4.69) is 26.0 Å². The molecule has 94 valence electrons. The van der Waals surface area contributed by atoms with E-state index in [1.54, 1.807) is 6.07 Å². The first-order chi connectivity index (χ1) is 9.16. The third-order valence-electron chi connectivity index (χ3n) is 2.69. The van der Waals surface area contributed by atoms with E-state index in [9.17, 15) is 4.79 Å². The van der Waals surface area contributed by atoms with Crippen LogP contribution in [0.3, 0.4) is 0 Å². The van der Waals surface area contributed by atoms with Crippen LogP contribution in [0.1, 0.15) is 10.5 Å². The van der Waals surface area contributed by atoms with Crippen LogP contribution in [0, 0.1) is 0 Å². The van der Waals surface area contributed by atoms with Gasteiger partial charge in [0, 0.05) is 5.56 Å². The van der Waals surface area contributed by atoms with Crippen LogP contribution in [0.4, 0.5) is 0 Å². The van der Waals surface area contributed by atoms with Crippen LogP contribution in [0.25, 0.3) is 16.9 Å². The fourth-order valence-electron chi connectivity index (χ4n) is 1.81. The molecule has 0 aliphatic carbocycles. The minimum Gasteiger partial charge on any atom is -0.476 e. The van der Waals surface area contributed by atoms with E-state index in [0.717, 1.165) is 11.3 Å². The molecule has 0 bridgehead atoms. The summed E-state index contributed by atoms with van der Waals surface area (Å²) in [6.07, 6.45) is 0. The van der Waals surface area contributed by atoms with Gasteiger partial charge in [0.05, 0.1) is 5.69 Å². The van der Waals surface area contributed by atoms with E-state index < -0.39 is 5.97 Å². The summed E-state index contributed by atoms with van der Waals surface area (Å²) in [4.78, 5) is 15.0. The van der Waals surface area contributed by atoms with Gasteiger partial charge in [-0.15, -0.1) is 0 Å². The largest absolute Gasteiger partial charge is 0.476 e. The summed E-state index contributed by atoms with van der Waals surface area (Å²) in [5.74, 6) is -1.08. The van der Waals surface area contributed by atoms with Crippen LogP contribution in [-0.2, 0) is 0 Å². The number of carboxylic acid groups (broad SMARTS) is 1. The Balaban J connectivity index is 2.21. The van der Waals surface area contributed by atoms with Gasteiger partial charge in [0.25, 0.3) is 0 Å². The quantitative estimate of drug-likeness (QED) is 0.789. The first kappa shape index (κ1) is 11.9. The minimum absolute atomic E-state index is 0.0438. The molecule has 1 N–H and O–H groups in total. The summed E-state index contributed by atoms with van der Waals surface area (Å²) in [5, 5.41) is 13.4. The van der Waals surface area contributed by atoms with Crippen LogP contribution in [0.5, 0.6) is 0 Å². The van der Waals surface area contributed by atoms with E-state index in [0.29, 0.717) is 10.3 Å². The number of benzene rings is 1. The number of carboxylic acids is 1. The van der Waals surface area contributed by atoms with Gasteiger partial charge in [-0.25, -0.2) is 14.3 Å². The number of aromatic nitrogens is 3. The maximum Gasteiger partial charge on any atom is 0.357 e. The summed E-state index contributed by atoms with van der Waals surface area (Å²) >= 11 is 3.22. The molecule has 19 heavy (non-hydrogen) atoms. The average molecular weight is 318 g/mol. The summed E-state index contributed by atoms with van der Waals surface area (Å²) in [6.45, 7) is 0. The van der Waals surface area contributed by atoms with Gasteiger partial charge in [-0.3, -0.25) is 0 Å². The highest BCUT2D eigenvalue weighted by Crippen LogP contribution is 2.21. The lowest BCUT2D eigenvalue weighted by Crippen LogP contribution is -1.98. The molecule has 3 rings (SSSR count). The zero-order chi connectivity index (χ0) is 13.4. The van der Waals surface area contributed by atoms with Crippen LogP contribution in [0.2, 0.25) is 0 Å². The molecule has 3 aromatic rings. The highest BCUT2D eigenvalue weighted by atomic mass is 79.9. The molecule has 0 atom stereocenters. The Labute approximate surface area is 116 Å². The fourth-order valence-corrected chi connectivity index (χ4v) is 2.32. The Morgan fingerprint density at radius 1 is 1.16 bits per heavy atom. The van der Waals surface area contributed by atoms with Gasteiger partial charge in [0.2, 0.25) is 0 Å². The normalized spacial score (nSPS) is 10.8. The van der Waals surface area contributed by atoms with E-state index >= 15 is 0 Å². The zero-order valence-electron chi connectivity index (χ0n) is 9.62. The van der Waals surface area contributed by atoms with Gasteiger partial charge in [0.15, 0.2) is 11.3 Å². The predicted molar refractivity (Wildman–Crippen MR) is 73.1 cm³/mol. The molecule has 5 nitrogen and oxygen atoms in total. The van der Waals surface area contributed by atoms with Gasteiger partial charge in [-0.05, 0) is 28.1 Å². The maximum atomic E-state index is 11.0. The van der Waals surface area contributed by atoms with Gasteiger partial charge >= 0.3 is 5.97 Å². The lowest BCUT2D eigenvalue weighted by molar-refractivity contribution is 0.0690. The van der Waals surface area contributed by atoms with Crippen molar-refractivity contribution in [3.05, 3.63) is 52.8 Å². The van der Waals surface area contributed by atoms with Crippen molar-refractivity contribution < 1.29 is 9.90 Å². The van der Waals surface area contributed by atoms with E-state index in [1.165, 1.54) is 4.52 Å². The first-order valence-electron chi connectivity index (χ1n) is 5.51. The number of nitrogens with zero attached hydrogens (tertiary/aromatic N) is 3. The molecule has 0 aliphatic heterocycles. The smallest absolute Gasteiger partial charge is 0.357 e. The maximum absolute atomic E-state index is 11.0. The molecule has 0 fully saturated rings. The van der Waals surface area contributed by atoms with Gasteiger partial charge in [0.1, 0.15) is 4.60 Å². The molecule has 2 aromatic heterocycles. The Morgan fingerprint density at radius 2 is 1.89 bits per heavy atom. The minimum atomic E-state index is -1.08. The molecular formula is C13H8BrN3O2. The van der Waals surface area contributed by atoms with Crippen LogP contribution in [-0.4, -0.2) is 25.7 Å². The zero-order valence-corrected chi connectivity index (χ0v) is 11.2. The van der Waals surface area contributed by atoms with Crippen molar-refractivity contribution in [2.45, 2.75) is 0 Å². The Bertz CT molecular complexity index is 768. The van der Waals surface area contributed by atoms with Gasteiger partial charge < -0.3 is 5.11 Å². The van der Waals surface area contributed by atoms with Gasteiger partial charge in [-0.1, -0.05) is 30.3 Å². The van der Waals surface area contributed by atoms with E-state index in [1.807, 2.05) is 36.4 Å². The second-order valence-electron chi connectivity index (χ2n) is 3.91. The van der Waals surface area contributed by atoms with Crippen molar-refractivity contribution in [1.29, 1.82) is 0 Å². The second-order valence-corrected chi connectivity index (χ2v) is 4.66. The van der Waals surface area contributed by atoms with Crippen molar-refractivity contribution in [2.24, 2.45) is 0 Å². The van der Waals surface area contributed by atoms with E-state index in [4.69, 9.17) is 5.11 Å². The average Bonchev–Trinajstić information content (AvgIpc) is 2.77. The summed E-state index contributed by atoms with van der Waals surface area (Å²) in [6, 6.07) is 13.2. The lowest BCUT2D eigenvalue weighted by atomic mass is 10.1. The number of hydrogen-bond acceptors (Lipinski definition) is 3. The SMILES string of the molecule is O=C(O)c1nc2ccc(-c3ccccc3)nn2c1Br. The molecular weight excluding hydrogens is 310 g/mol. The number of carbonyl (C=O) groups is 1. The molecule has 6 heteroatoms. The molecule has 0 saturated carbocycles.